The van der Waals surface area contributed by atoms with E-state index in [2.05, 4.69) is 15.2 Å². The van der Waals surface area contributed by atoms with Gasteiger partial charge in [-0.25, -0.2) is 4.98 Å². The highest BCUT2D eigenvalue weighted by atomic mass is 32.1. The van der Waals surface area contributed by atoms with Gasteiger partial charge >= 0.3 is 0 Å². The molecule has 0 unspecified atom stereocenters. The number of thiazole rings is 1. The normalized spacial score (nSPS) is 14.5. The van der Waals surface area contributed by atoms with E-state index in [9.17, 15) is 14.7 Å². The second kappa shape index (κ2) is 8.39. The van der Waals surface area contributed by atoms with Crippen LogP contribution in [0.25, 0.3) is 0 Å². The van der Waals surface area contributed by atoms with Crippen LogP contribution < -0.4 is 10.2 Å². The zero-order valence-electron chi connectivity index (χ0n) is 15.5. The lowest BCUT2D eigenvalue weighted by molar-refractivity contribution is -0.130. The Labute approximate surface area is 162 Å². The maximum atomic E-state index is 12.6. The predicted octanol–water partition coefficient (Wildman–Crippen LogP) is 2.33. The first-order valence-electron chi connectivity index (χ1n) is 9.00. The number of aromatic hydroxyl groups is 1. The Morgan fingerprint density at radius 1 is 1.22 bits per heavy atom. The standard InChI is InChI=1S/C19H24N4O3S/c1-13(2)18(26)21-19-20-14(12-27-19)11-17(25)23-9-7-22(8-10-23)15-5-3-4-6-16(15)24/h3-6,12-13,24H,7-11H2,1-2H3,(H,20,21,26). The minimum absolute atomic E-state index is 0.0268. The zero-order chi connectivity index (χ0) is 19.4. The average Bonchev–Trinajstić information content (AvgIpc) is 3.09. The van der Waals surface area contributed by atoms with Gasteiger partial charge in [0.15, 0.2) is 5.13 Å². The van der Waals surface area contributed by atoms with Crippen LogP contribution >= 0.6 is 11.3 Å². The van der Waals surface area contributed by atoms with Gasteiger partial charge in [0.05, 0.1) is 17.8 Å². The van der Waals surface area contributed by atoms with Crippen LogP contribution in [-0.4, -0.2) is 53.0 Å². The summed E-state index contributed by atoms with van der Waals surface area (Å²) in [6, 6.07) is 7.24. The van der Waals surface area contributed by atoms with Crippen LogP contribution in [0, 0.1) is 5.92 Å². The number of rotatable bonds is 5. The van der Waals surface area contributed by atoms with E-state index in [0.717, 1.165) is 5.69 Å². The first kappa shape index (κ1) is 19.2. The quantitative estimate of drug-likeness (QED) is 0.821. The van der Waals surface area contributed by atoms with Crippen LogP contribution in [0.5, 0.6) is 5.75 Å². The molecule has 2 heterocycles. The van der Waals surface area contributed by atoms with Gasteiger partial charge < -0.3 is 20.2 Å². The summed E-state index contributed by atoms with van der Waals surface area (Å²) < 4.78 is 0. The fourth-order valence-electron chi connectivity index (χ4n) is 2.89. The summed E-state index contributed by atoms with van der Waals surface area (Å²) in [5.74, 6) is 0.0940. The molecule has 2 N–H and O–H groups in total. The molecule has 8 heteroatoms. The topological polar surface area (TPSA) is 85.8 Å². The van der Waals surface area contributed by atoms with Gasteiger partial charge in [0.1, 0.15) is 5.75 Å². The number of piperazine rings is 1. The van der Waals surface area contributed by atoms with Crippen molar-refractivity contribution < 1.29 is 14.7 Å². The number of hydrogen-bond donors (Lipinski definition) is 2. The molecule has 0 spiro atoms. The Morgan fingerprint density at radius 3 is 2.59 bits per heavy atom. The van der Waals surface area contributed by atoms with Gasteiger partial charge in [0.25, 0.3) is 0 Å². The fourth-order valence-corrected chi connectivity index (χ4v) is 3.60. The van der Waals surface area contributed by atoms with Crippen molar-refractivity contribution in [2.75, 3.05) is 36.4 Å². The lowest BCUT2D eigenvalue weighted by Gasteiger charge is -2.36. The van der Waals surface area contributed by atoms with Gasteiger partial charge in [-0.1, -0.05) is 26.0 Å². The number of anilines is 2. The molecule has 144 valence electrons. The highest BCUT2D eigenvalue weighted by Crippen LogP contribution is 2.27. The van der Waals surface area contributed by atoms with Crippen LogP contribution in [0.4, 0.5) is 10.8 Å². The summed E-state index contributed by atoms with van der Waals surface area (Å²) >= 11 is 1.33. The molecule has 1 saturated heterocycles. The molecule has 1 aliphatic rings. The van der Waals surface area contributed by atoms with Gasteiger partial charge in [-0.05, 0) is 12.1 Å². The van der Waals surface area contributed by atoms with E-state index in [1.165, 1.54) is 11.3 Å². The summed E-state index contributed by atoms with van der Waals surface area (Å²) in [5, 5.41) is 15.1. The van der Waals surface area contributed by atoms with E-state index >= 15 is 0 Å². The third-order valence-electron chi connectivity index (χ3n) is 4.49. The van der Waals surface area contributed by atoms with Crippen molar-refractivity contribution in [2.24, 2.45) is 5.92 Å². The molecule has 27 heavy (non-hydrogen) atoms. The zero-order valence-corrected chi connectivity index (χ0v) is 16.3. The molecule has 1 aliphatic heterocycles. The number of aromatic nitrogens is 1. The second-order valence-electron chi connectivity index (χ2n) is 6.82. The molecule has 0 radical (unpaired) electrons. The molecular weight excluding hydrogens is 364 g/mol. The Morgan fingerprint density at radius 2 is 1.93 bits per heavy atom. The van der Waals surface area contributed by atoms with Crippen molar-refractivity contribution in [1.29, 1.82) is 0 Å². The molecule has 7 nitrogen and oxygen atoms in total. The molecule has 3 rings (SSSR count). The Balaban J connectivity index is 1.52. The molecule has 2 aromatic rings. The maximum Gasteiger partial charge on any atom is 0.228 e. The first-order valence-corrected chi connectivity index (χ1v) is 9.88. The lowest BCUT2D eigenvalue weighted by Crippen LogP contribution is -2.49. The number of para-hydroxylation sites is 2. The molecule has 1 fully saturated rings. The number of carbonyl (C=O) groups is 2. The summed E-state index contributed by atoms with van der Waals surface area (Å²) in [6.07, 6.45) is 0.227. The molecule has 0 aliphatic carbocycles. The monoisotopic (exact) mass is 388 g/mol. The summed E-state index contributed by atoms with van der Waals surface area (Å²) in [5.41, 5.74) is 1.47. The molecule has 1 aromatic carbocycles. The summed E-state index contributed by atoms with van der Waals surface area (Å²) in [4.78, 5) is 32.5. The lowest BCUT2D eigenvalue weighted by atomic mass is 10.2. The third-order valence-corrected chi connectivity index (χ3v) is 5.30. The van der Waals surface area contributed by atoms with Gasteiger partial charge in [0.2, 0.25) is 11.8 Å². The third kappa shape index (κ3) is 4.77. The summed E-state index contributed by atoms with van der Waals surface area (Å²) in [6.45, 7) is 6.21. The van der Waals surface area contributed by atoms with Gasteiger partial charge in [-0.15, -0.1) is 11.3 Å². The number of hydrogen-bond acceptors (Lipinski definition) is 6. The van der Waals surface area contributed by atoms with Crippen LogP contribution in [0.2, 0.25) is 0 Å². The number of nitrogens with zero attached hydrogens (tertiary/aromatic N) is 3. The fraction of sp³-hybridized carbons (Fsp3) is 0.421. The minimum atomic E-state index is -0.112. The van der Waals surface area contributed by atoms with E-state index in [4.69, 9.17) is 0 Å². The second-order valence-corrected chi connectivity index (χ2v) is 7.68. The van der Waals surface area contributed by atoms with Crippen molar-refractivity contribution >= 4 is 34.0 Å². The number of phenolic OH excluding ortho intramolecular Hbond substituents is 1. The van der Waals surface area contributed by atoms with E-state index in [1.807, 2.05) is 36.3 Å². The SMILES string of the molecule is CC(C)C(=O)Nc1nc(CC(=O)N2CCN(c3ccccc3O)CC2)cs1. The first-order chi connectivity index (χ1) is 12.9. The van der Waals surface area contributed by atoms with Crippen molar-refractivity contribution in [1.82, 2.24) is 9.88 Å². The van der Waals surface area contributed by atoms with Crippen molar-refractivity contribution in [3.63, 3.8) is 0 Å². The molecule has 0 atom stereocenters. The molecule has 1 aromatic heterocycles. The van der Waals surface area contributed by atoms with Crippen LogP contribution in [0.3, 0.4) is 0 Å². The smallest absolute Gasteiger partial charge is 0.228 e. The van der Waals surface area contributed by atoms with Gasteiger partial charge in [-0.3, -0.25) is 9.59 Å². The van der Waals surface area contributed by atoms with Gasteiger partial charge in [0, 0.05) is 37.5 Å². The van der Waals surface area contributed by atoms with E-state index in [-0.39, 0.29) is 29.9 Å². The minimum Gasteiger partial charge on any atom is -0.506 e. The Hall–Kier alpha value is -2.61. The van der Waals surface area contributed by atoms with E-state index < -0.39 is 0 Å². The number of nitrogens with one attached hydrogen (secondary N) is 1. The van der Waals surface area contributed by atoms with Gasteiger partial charge in [-0.2, -0.15) is 0 Å². The number of carbonyl (C=O) groups excluding carboxylic acids is 2. The maximum absolute atomic E-state index is 12.6. The van der Waals surface area contributed by atoms with Crippen molar-refractivity contribution in [3.05, 3.63) is 35.3 Å². The van der Waals surface area contributed by atoms with E-state index in [1.54, 1.807) is 12.1 Å². The molecule has 0 saturated carbocycles. The number of phenols is 1. The molecule has 2 amide bonds. The van der Waals surface area contributed by atoms with Crippen LogP contribution in [-0.2, 0) is 16.0 Å². The number of benzene rings is 1. The highest BCUT2D eigenvalue weighted by Gasteiger charge is 2.23. The molecular formula is C19H24N4O3S. The predicted molar refractivity (Wildman–Crippen MR) is 106 cm³/mol. The molecule has 0 bridgehead atoms. The van der Waals surface area contributed by atoms with Crippen LogP contribution in [0.15, 0.2) is 29.6 Å². The van der Waals surface area contributed by atoms with E-state index in [0.29, 0.717) is 37.0 Å². The van der Waals surface area contributed by atoms with Crippen LogP contribution in [0.1, 0.15) is 19.5 Å². The highest BCUT2D eigenvalue weighted by molar-refractivity contribution is 7.13. The largest absolute Gasteiger partial charge is 0.506 e. The van der Waals surface area contributed by atoms with Crippen molar-refractivity contribution in [3.8, 4) is 5.75 Å². The van der Waals surface area contributed by atoms with Crippen molar-refractivity contribution in [2.45, 2.75) is 20.3 Å². The number of amides is 2. The summed E-state index contributed by atoms with van der Waals surface area (Å²) in [7, 11) is 0. The Kier molecular flexibility index (Phi) is 5.95. The Bertz CT molecular complexity index is 813. The average molecular weight is 388 g/mol.